The van der Waals surface area contributed by atoms with Gasteiger partial charge in [-0.1, -0.05) is 27.2 Å². The molecule has 2 atom stereocenters. The number of rotatable bonds is 8. The van der Waals surface area contributed by atoms with Crippen molar-refractivity contribution < 1.29 is 14.7 Å². The SMILES string of the molecule is CCCN(CC(=O)O)C(=O)NC(C)CC(C)CC. The Labute approximate surface area is 110 Å². The molecule has 18 heavy (non-hydrogen) atoms. The van der Waals surface area contributed by atoms with Crippen LogP contribution in [0.5, 0.6) is 0 Å². The summed E-state index contributed by atoms with van der Waals surface area (Å²) in [6.45, 7) is 8.36. The van der Waals surface area contributed by atoms with Crippen molar-refractivity contribution in [2.24, 2.45) is 5.92 Å². The Hall–Kier alpha value is -1.26. The van der Waals surface area contributed by atoms with Crippen molar-refractivity contribution in [2.45, 2.75) is 53.0 Å². The highest BCUT2D eigenvalue weighted by Gasteiger charge is 2.18. The first-order valence-corrected chi connectivity index (χ1v) is 6.67. The zero-order valence-corrected chi connectivity index (χ0v) is 11.9. The maximum absolute atomic E-state index is 11.9. The van der Waals surface area contributed by atoms with E-state index in [1.807, 2.05) is 13.8 Å². The summed E-state index contributed by atoms with van der Waals surface area (Å²) < 4.78 is 0. The van der Waals surface area contributed by atoms with Crippen LogP contribution in [0.15, 0.2) is 0 Å². The van der Waals surface area contributed by atoms with Crippen LogP contribution in [0, 0.1) is 5.92 Å². The second-order valence-electron chi connectivity index (χ2n) is 4.91. The van der Waals surface area contributed by atoms with Crippen LogP contribution >= 0.6 is 0 Å². The molecule has 5 heteroatoms. The van der Waals surface area contributed by atoms with Crippen molar-refractivity contribution in [2.75, 3.05) is 13.1 Å². The molecule has 0 heterocycles. The number of nitrogens with zero attached hydrogens (tertiary/aromatic N) is 1. The van der Waals surface area contributed by atoms with E-state index in [9.17, 15) is 9.59 Å². The highest BCUT2D eigenvalue weighted by molar-refractivity contribution is 5.80. The topological polar surface area (TPSA) is 69.6 Å². The van der Waals surface area contributed by atoms with Crippen molar-refractivity contribution in [3.8, 4) is 0 Å². The molecule has 0 aromatic carbocycles. The highest BCUT2D eigenvalue weighted by Crippen LogP contribution is 2.09. The van der Waals surface area contributed by atoms with Gasteiger partial charge in [0, 0.05) is 12.6 Å². The van der Waals surface area contributed by atoms with Crippen LogP contribution in [0.3, 0.4) is 0 Å². The standard InChI is InChI=1S/C13H26N2O3/c1-5-7-15(9-12(16)17)13(18)14-11(4)8-10(3)6-2/h10-11H,5-9H2,1-4H3,(H,14,18)(H,16,17). The van der Waals surface area contributed by atoms with Crippen LogP contribution in [-0.2, 0) is 4.79 Å². The molecule has 0 saturated heterocycles. The van der Waals surface area contributed by atoms with Crippen LogP contribution in [0.2, 0.25) is 0 Å². The normalized spacial score (nSPS) is 13.8. The number of aliphatic carboxylic acids is 1. The fourth-order valence-electron chi connectivity index (χ4n) is 1.82. The molecule has 2 unspecified atom stereocenters. The van der Waals surface area contributed by atoms with Crippen LogP contribution in [0.4, 0.5) is 4.79 Å². The minimum absolute atomic E-state index is 0.0700. The lowest BCUT2D eigenvalue weighted by molar-refractivity contribution is -0.137. The Morgan fingerprint density at radius 2 is 1.89 bits per heavy atom. The molecule has 106 valence electrons. The van der Waals surface area contributed by atoms with Crippen LogP contribution in [0.25, 0.3) is 0 Å². The highest BCUT2D eigenvalue weighted by atomic mass is 16.4. The van der Waals surface area contributed by atoms with E-state index in [0.29, 0.717) is 12.5 Å². The molecule has 0 aromatic rings. The van der Waals surface area contributed by atoms with Gasteiger partial charge in [0.05, 0.1) is 0 Å². The van der Waals surface area contributed by atoms with E-state index in [1.54, 1.807) is 0 Å². The summed E-state index contributed by atoms with van der Waals surface area (Å²) in [6.07, 6.45) is 2.74. The van der Waals surface area contributed by atoms with Crippen LogP contribution in [-0.4, -0.2) is 41.1 Å². The molecule has 0 aliphatic heterocycles. The predicted octanol–water partition coefficient (Wildman–Crippen LogP) is 2.32. The van der Waals surface area contributed by atoms with Crippen molar-refractivity contribution in [3.63, 3.8) is 0 Å². The van der Waals surface area contributed by atoms with E-state index in [-0.39, 0.29) is 18.6 Å². The monoisotopic (exact) mass is 258 g/mol. The molecule has 0 radical (unpaired) electrons. The van der Waals surface area contributed by atoms with Crippen molar-refractivity contribution in [3.05, 3.63) is 0 Å². The second-order valence-corrected chi connectivity index (χ2v) is 4.91. The number of hydrogen-bond donors (Lipinski definition) is 2. The minimum atomic E-state index is -0.979. The predicted molar refractivity (Wildman–Crippen MR) is 71.6 cm³/mol. The zero-order chi connectivity index (χ0) is 14.1. The number of hydrogen-bond acceptors (Lipinski definition) is 2. The minimum Gasteiger partial charge on any atom is -0.480 e. The van der Waals surface area contributed by atoms with Crippen molar-refractivity contribution >= 4 is 12.0 Å². The molecule has 0 fully saturated rings. The van der Waals surface area contributed by atoms with E-state index in [1.165, 1.54) is 4.90 Å². The third-order valence-corrected chi connectivity index (χ3v) is 2.93. The largest absolute Gasteiger partial charge is 0.480 e. The van der Waals surface area contributed by atoms with Gasteiger partial charge >= 0.3 is 12.0 Å². The summed E-state index contributed by atoms with van der Waals surface area (Å²) in [5, 5.41) is 11.6. The fourth-order valence-corrected chi connectivity index (χ4v) is 1.82. The van der Waals surface area contributed by atoms with Gasteiger partial charge < -0.3 is 15.3 Å². The number of carboxylic acids is 1. The van der Waals surface area contributed by atoms with Gasteiger partial charge in [-0.25, -0.2) is 4.79 Å². The Morgan fingerprint density at radius 3 is 2.33 bits per heavy atom. The van der Waals surface area contributed by atoms with E-state index in [4.69, 9.17) is 5.11 Å². The van der Waals surface area contributed by atoms with Crippen LogP contribution in [0.1, 0.15) is 47.0 Å². The quantitative estimate of drug-likeness (QED) is 0.702. The Morgan fingerprint density at radius 1 is 1.28 bits per heavy atom. The molecule has 5 nitrogen and oxygen atoms in total. The van der Waals surface area contributed by atoms with E-state index >= 15 is 0 Å². The van der Waals surface area contributed by atoms with E-state index in [2.05, 4.69) is 19.2 Å². The summed E-state index contributed by atoms with van der Waals surface area (Å²) in [6, 6.07) is -0.212. The number of carbonyl (C=O) groups is 2. The second kappa shape index (κ2) is 8.78. The number of amides is 2. The zero-order valence-electron chi connectivity index (χ0n) is 11.9. The summed E-state index contributed by atoms with van der Waals surface area (Å²) in [4.78, 5) is 23.9. The average molecular weight is 258 g/mol. The molecule has 0 bridgehead atoms. The van der Waals surface area contributed by atoms with Gasteiger partial charge in [-0.15, -0.1) is 0 Å². The van der Waals surface area contributed by atoms with Gasteiger partial charge in [0.15, 0.2) is 0 Å². The first-order chi connectivity index (χ1) is 8.40. The lowest BCUT2D eigenvalue weighted by Crippen LogP contribution is -2.46. The van der Waals surface area contributed by atoms with E-state index in [0.717, 1.165) is 19.3 Å². The van der Waals surface area contributed by atoms with Crippen LogP contribution < -0.4 is 5.32 Å². The molecule has 2 N–H and O–H groups in total. The first-order valence-electron chi connectivity index (χ1n) is 6.67. The van der Waals surface area contributed by atoms with Crippen molar-refractivity contribution in [1.29, 1.82) is 0 Å². The first kappa shape index (κ1) is 16.7. The maximum Gasteiger partial charge on any atom is 0.323 e. The average Bonchev–Trinajstić information content (AvgIpc) is 2.27. The van der Waals surface area contributed by atoms with Gasteiger partial charge in [-0.2, -0.15) is 0 Å². The fraction of sp³-hybridized carbons (Fsp3) is 0.846. The Balaban J connectivity index is 4.27. The van der Waals surface area contributed by atoms with Crippen molar-refractivity contribution in [1.82, 2.24) is 10.2 Å². The van der Waals surface area contributed by atoms with Gasteiger partial charge in [0.1, 0.15) is 6.54 Å². The summed E-state index contributed by atoms with van der Waals surface area (Å²) in [5.41, 5.74) is 0. The summed E-state index contributed by atoms with van der Waals surface area (Å²) in [5.74, 6) is -0.424. The molecule has 0 aliphatic carbocycles. The third kappa shape index (κ3) is 7.14. The Bertz CT molecular complexity index is 269. The maximum atomic E-state index is 11.9. The third-order valence-electron chi connectivity index (χ3n) is 2.93. The number of carbonyl (C=O) groups excluding carboxylic acids is 1. The number of urea groups is 1. The lowest BCUT2D eigenvalue weighted by Gasteiger charge is -2.24. The molecule has 0 aromatic heterocycles. The number of carboxylic acid groups (broad SMARTS) is 1. The van der Waals surface area contributed by atoms with Gasteiger partial charge in [-0.05, 0) is 25.7 Å². The molecule has 2 amide bonds. The van der Waals surface area contributed by atoms with Gasteiger partial charge in [-0.3, -0.25) is 4.79 Å². The molecule has 0 aliphatic rings. The van der Waals surface area contributed by atoms with E-state index < -0.39 is 5.97 Å². The Kier molecular flexibility index (Phi) is 8.16. The summed E-state index contributed by atoms with van der Waals surface area (Å²) >= 11 is 0. The molecular weight excluding hydrogens is 232 g/mol. The number of nitrogens with one attached hydrogen (secondary N) is 1. The smallest absolute Gasteiger partial charge is 0.323 e. The summed E-state index contributed by atoms with van der Waals surface area (Å²) in [7, 11) is 0. The molecule has 0 rings (SSSR count). The molecule has 0 spiro atoms. The lowest BCUT2D eigenvalue weighted by atomic mass is 10.0. The molecule has 0 saturated carbocycles. The van der Waals surface area contributed by atoms with Gasteiger partial charge in [0.2, 0.25) is 0 Å². The van der Waals surface area contributed by atoms with Gasteiger partial charge in [0.25, 0.3) is 0 Å². The molecular formula is C13H26N2O3.